The van der Waals surface area contributed by atoms with E-state index in [9.17, 15) is 4.79 Å². The van der Waals surface area contributed by atoms with Gasteiger partial charge >= 0.3 is 5.97 Å². The van der Waals surface area contributed by atoms with Crippen LogP contribution in [-0.4, -0.2) is 52.6 Å². The standard InChI is InChI=1S/C26H25NO7S/c1-27-9-7-14-17(13-8-10-35-11-13)24-25(33-12-32-24)23(31-4)18(14)20(27)21-15-5-6-16(29-2)22(30-3)19(15)26(28)34-21/h5-6,8,10-11,20-21H,7,9,12H2,1-4H3/t20-,21?/m1/s1. The highest BCUT2D eigenvalue weighted by Crippen LogP contribution is 2.59. The van der Waals surface area contributed by atoms with E-state index >= 15 is 0 Å². The van der Waals surface area contributed by atoms with Crippen LogP contribution in [0.15, 0.2) is 29.0 Å². The summed E-state index contributed by atoms with van der Waals surface area (Å²) in [6.45, 7) is 0.902. The van der Waals surface area contributed by atoms with Crippen LogP contribution in [0.25, 0.3) is 11.1 Å². The van der Waals surface area contributed by atoms with Gasteiger partial charge in [-0.2, -0.15) is 11.3 Å². The van der Waals surface area contributed by atoms with E-state index in [2.05, 4.69) is 21.7 Å². The van der Waals surface area contributed by atoms with Gasteiger partial charge in [-0.3, -0.25) is 4.90 Å². The largest absolute Gasteiger partial charge is 0.493 e. The molecule has 2 atom stereocenters. The van der Waals surface area contributed by atoms with E-state index in [4.69, 9.17) is 28.4 Å². The van der Waals surface area contributed by atoms with Crippen LogP contribution in [0.2, 0.25) is 0 Å². The highest BCUT2D eigenvalue weighted by molar-refractivity contribution is 7.08. The van der Waals surface area contributed by atoms with Gasteiger partial charge in [-0.25, -0.2) is 4.79 Å². The summed E-state index contributed by atoms with van der Waals surface area (Å²) in [6.07, 6.45) is 0.228. The number of likely N-dealkylation sites (N-methyl/N-ethyl adjacent to an activating group) is 1. The van der Waals surface area contributed by atoms with E-state index in [1.54, 1.807) is 25.6 Å². The minimum Gasteiger partial charge on any atom is -0.493 e. The number of ether oxygens (including phenoxy) is 6. The van der Waals surface area contributed by atoms with Gasteiger partial charge in [0.15, 0.2) is 23.0 Å². The molecule has 1 unspecified atom stereocenters. The lowest BCUT2D eigenvalue weighted by molar-refractivity contribution is 0.00877. The Bertz CT molecular complexity index is 1320. The van der Waals surface area contributed by atoms with E-state index in [1.807, 2.05) is 19.2 Å². The maximum absolute atomic E-state index is 13.1. The van der Waals surface area contributed by atoms with Crippen LogP contribution in [0.3, 0.4) is 0 Å². The van der Waals surface area contributed by atoms with Crippen LogP contribution in [0.4, 0.5) is 0 Å². The van der Waals surface area contributed by atoms with Crippen molar-refractivity contribution in [2.45, 2.75) is 18.6 Å². The third kappa shape index (κ3) is 3.11. The van der Waals surface area contributed by atoms with Crippen molar-refractivity contribution in [3.05, 3.63) is 51.2 Å². The number of benzene rings is 2. The number of cyclic esters (lactones) is 1. The molecule has 3 aliphatic rings. The summed E-state index contributed by atoms with van der Waals surface area (Å²) >= 11 is 1.63. The number of fused-ring (bicyclic) bond motifs is 3. The van der Waals surface area contributed by atoms with Crippen molar-refractivity contribution in [3.63, 3.8) is 0 Å². The van der Waals surface area contributed by atoms with Gasteiger partial charge in [0.2, 0.25) is 12.5 Å². The van der Waals surface area contributed by atoms with Gasteiger partial charge in [0, 0.05) is 23.2 Å². The average Bonchev–Trinajstić information content (AvgIpc) is 3.63. The summed E-state index contributed by atoms with van der Waals surface area (Å²) in [5.41, 5.74) is 5.33. The second kappa shape index (κ2) is 8.35. The van der Waals surface area contributed by atoms with Gasteiger partial charge < -0.3 is 28.4 Å². The molecule has 0 amide bonds. The Kier molecular flexibility index (Phi) is 5.26. The first-order valence-corrected chi connectivity index (χ1v) is 12.2. The minimum absolute atomic E-state index is 0.129. The number of nitrogens with zero attached hydrogens (tertiary/aromatic N) is 1. The lowest BCUT2D eigenvalue weighted by atomic mass is 9.82. The number of carbonyl (C=O) groups is 1. The van der Waals surface area contributed by atoms with Gasteiger partial charge in [-0.05, 0) is 47.5 Å². The molecule has 6 rings (SSSR count). The Hall–Kier alpha value is -3.43. The molecule has 4 heterocycles. The molecule has 0 saturated heterocycles. The van der Waals surface area contributed by atoms with Gasteiger partial charge in [0.25, 0.3) is 0 Å². The zero-order valence-electron chi connectivity index (χ0n) is 19.9. The van der Waals surface area contributed by atoms with Crippen molar-refractivity contribution in [1.82, 2.24) is 4.90 Å². The van der Waals surface area contributed by atoms with E-state index in [1.165, 1.54) is 7.11 Å². The molecule has 8 nitrogen and oxygen atoms in total. The molecule has 1 aromatic heterocycles. The first-order valence-electron chi connectivity index (χ1n) is 11.3. The summed E-state index contributed by atoms with van der Waals surface area (Å²) in [5, 5.41) is 4.16. The summed E-state index contributed by atoms with van der Waals surface area (Å²) in [6, 6.07) is 5.48. The molecule has 3 aliphatic heterocycles. The fourth-order valence-corrected chi connectivity index (χ4v) is 6.19. The van der Waals surface area contributed by atoms with Crippen LogP contribution in [0.1, 0.15) is 39.2 Å². The quantitative estimate of drug-likeness (QED) is 0.475. The van der Waals surface area contributed by atoms with E-state index < -0.39 is 12.1 Å². The van der Waals surface area contributed by atoms with Crippen molar-refractivity contribution in [2.24, 2.45) is 0 Å². The van der Waals surface area contributed by atoms with Crippen molar-refractivity contribution in [1.29, 1.82) is 0 Å². The molecule has 9 heteroatoms. The number of rotatable bonds is 5. The van der Waals surface area contributed by atoms with E-state index in [0.717, 1.165) is 40.8 Å². The summed E-state index contributed by atoms with van der Waals surface area (Å²) < 4.78 is 34.8. The average molecular weight is 496 g/mol. The topological polar surface area (TPSA) is 75.7 Å². The lowest BCUT2D eigenvalue weighted by Gasteiger charge is -2.39. The molecule has 35 heavy (non-hydrogen) atoms. The maximum atomic E-state index is 13.1. The van der Waals surface area contributed by atoms with Crippen LogP contribution in [-0.2, 0) is 11.2 Å². The molecule has 0 fully saturated rings. The predicted molar refractivity (Wildman–Crippen MR) is 129 cm³/mol. The zero-order chi connectivity index (χ0) is 24.3. The summed E-state index contributed by atoms with van der Waals surface area (Å²) in [7, 11) is 6.74. The fourth-order valence-electron chi connectivity index (χ4n) is 5.54. The van der Waals surface area contributed by atoms with Gasteiger partial charge in [-0.1, -0.05) is 6.07 Å². The fraction of sp³-hybridized carbons (Fsp3) is 0.346. The molecule has 0 N–H and O–H groups in total. The molecule has 182 valence electrons. The number of carbonyl (C=O) groups excluding carboxylic acids is 1. The Morgan fingerprint density at radius 1 is 1.00 bits per heavy atom. The summed E-state index contributed by atoms with van der Waals surface area (Å²) in [5.74, 6) is 2.35. The molecule has 3 aromatic rings. The molecular weight excluding hydrogens is 470 g/mol. The molecule has 0 radical (unpaired) electrons. The smallest absolute Gasteiger partial charge is 0.343 e. The molecule has 0 spiro atoms. The monoisotopic (exact) mass is 495 g/mol. The molecular formula is C26H25NO7S. The van der Waals surface area contributed by atoms with Crippen LogP contribution in [0, 0.1) is 0 Å². The first-order chi connectivity index (χ1) is 17.1. The van der Waals surface area contributed by atoms with Crippen LogP contribution in [0.5, 0.6) is 28.7 Å². The molecule has 2 aromatic carbocycles. The zero-order valence-corrected chi connectivity index (χ0v) is 20.7. The molecule has 0 aliphatic carbocycles. The SMILES string of the molecule is COc1ccc2c(c1OC)C(=O)OC2[C@H]1c2c(c(-c3ccsc3)c3c(c2OC)OCO3)CCN1C. The van der Waals surface area contributed by atoms with Crippen LogP contribution < -0.4 is 23.7 Å². The Labute approximate surface area is 206 Å². The van der Waals surface area contributed by atoms with Gasteiger partial charge in [0.1, 0.15) is 11.7 Å². The van der Waals surface area contributed by atoms with E-state index in [-0.39, 0.29) is 12.8 Å². The van der Waals surface area contributed by atoms with Crippen LogP contribution >= 0.6 is 11.3 Å². The molecule has 0 saturated carbocycles. The van der Waals surface area contributed by atoms with Crippen molar-refractivity contribution in [3.8, 4) is 39.9 Å². The normalized spacial score (nSPS) is 20.3. The second-order valence-corrected chi connectivity index (χ2v) is 9.42. The third-order valence-corrected chi connectivity index (χ3v) is 7.71. The highest BCUT2D eigenvalue weighted by atomic mass is 32.1. The third-order valence-electron chi connectivity index (χ3n) is 7.03. The summed E-state index contributed by atoms with van der Waals surface area (Å²) in [4.78, 5) is 15.3. The Morgan fingerprint density at radius 3 is 2.51 bits per heavy atom. The number of esters is 1. The van der Waals surface area contributed by atoms with Gasteiger partial charge in [-0.15, -0.1) is 0 Å². The highest BCUT2D eigenvalue weighted by Gasteiger charge is 2.47. The predicted octanol–water partition coefficient (Wildman–Crippen LogP) is 4.61. The molecule has 0 bridgehead atoms. The number of hydrogen-bond acceptors (Lipinski definition) is 9. The van der Waals surface area contributed by atoms with Crippen molar-refractivity contribution in [2.75, 3.05) is 41.7 Å². The number of methoxy groups -OCH3 is 3. The minimum atomic E-state index is -0.564. The maximum Gasteiger partial charge on any atom is 0.343 e. The first kappa shape index (κ1) is 22.1. The Balaban J connectivity index is 1.59. The van der Waals surface area contributed by atoms with E-state index in [0.29, 0.717) is 34.3 Å². The second-order valence-electron chi connectivity index (χ2n) is 8.64. The number of hydrogen-bond donors (Lipinski definition) is 0. The van der Waals surface area contributed by atoms with Crippen molar-refractivity contribution >= 4 is 17.3 Å². The Morgan fingerprint density at radius 2 is 1.80 bits per heavy atom. The van der Waals surface area contributed by atoms with Gasteiger partial charge in [0.05, 0.1) is 27.4 Å². The van der Waals surface area contributed by atoms with Crippen molar-refractivity contribution < 1.29 is 33.2 Å². The lowest BCUT2D eigenvalue weighted by Crippen LogP contribution is -2.36. The number of thiophene rings is 1.